The number of hydrogen-bond acceptors (Lipinski definition) is 2. The van der Waals surface area contributed by atoms with Gasteiger partial charge in [-0.1, -0.05) is 0 Å². The number of alkyl halides is 3. The molecule has 1 heterocycles. The summed E-state index contributed by atoms with van der Waals surface area (Å²) in [5.41, 5.74) is 0. The molecule has 0 aromatic rings. The van der Waals surface area contributed by atoms with Crippen LogP contribution in [-0.2, 0) is 4.79 Å². The molecule has 1 aliphatic rings. The van der Waals surface area contributed by atoms with Crippen molar-refractivity contribution in [2.24, 2.45) is 0 Å². The normalized spacial score (nSPS) is 24.4. The van der Waals surface area contributed by atoms with Crippen LogP contribution in [0.25, 0.3) is 0 Å². The Morgan fingerprint density at radius 3 is 2.69 bits per heavy atom. The van der Waals surface area contributed by atoms with Crippen molar-refractivity contribution < 1.29 is 18.0 Å². The average molecular weight is 195 g/mol. The van der Waals surface area contributed by atoms with Crippen LogP contribution in [0.2, 0.25) is 0 Å². The SMILES string of the molecule is O=C(CC(F)(F)F)C1CNCC[N]1. The molecule has 0 aromatic heterocycles. The largest absolute Gasteiger partial charge is 0.395 e. The molecule has 0 aliphatic carbocycles. The minimum Gasteiger partial charge on any atom is -0.313 e. The number of rotatable bonds is 2. The van der Waals surface area contributed by atoms with Gasteiger partial charge in [0.25, 0.3) is 0 Å². The van der Waals surface area contributed by atoms with Crippen LogP contribution in [0, 0.1) is 0 Å². The minimum atomic E-state index is -4.41. The molecule has 0 spiro atoms. The average Bonchev–Trinajstić information content (AvgIpc) is 2.03. The third-order valence-corrected chi connectivity index (χ3v) is 1.72. The highest BCUT2D eigenvalue weighted by Crippen LogP contribution is 2.20. The third-order valence-electron chi connectivity index (χ3n) is 1.72. The van der Waals surface area contributed by atoms with Crippen molar-refractivity contribution in [3.63, 3.8) is 0 Å². The molecule has 3 nitrogen and oxygen atoms in total. The van der Waals surface area contributed by atoms with Crippen molar-refractivity contribution in [1.29, 1.82) is 0 Å². The highest BCUT2D eigenvalue weighted by molar-refractivity contribution is 5.84. The Kier molecular flexibility index (Phi) is 3.27. The monoisotopic (exact) mass is 195 g/mol. The van der Waals surface area contributed by atoms with Gasteiger partial charge in [0.05, 0.1) is 6.04 Å². The number of piperazine rings is 1. The predicted molar refractivity (Wildman–Crippen MR) is 39.3 cm³/mol. The second-order valence-electron chi connectivity index (χ2n) is 2.88. The van der Waals surface area contributed by atoms with Gasteiger partial charge < -0.3 is 5.32 Å². The first-order valence-electron chi connectivity index (χ1n) is 3.96. The van der Waals surface area contributed by atoms with Crippen molar-refractivity contribution in [3.05, 3.63) is 0 Å². The molecule has 1 radical (unpaired) electrons. The van der Waals surface area contributed by atoms with Crippen LogP contribution in [0.3, 0.4) is 0 Å². The molecule has 1 aliphatic heterocycles. The summed E-state index contributed by atoms with van der Waals surface area (Å²) in [6.45, 7) is 1.28. The Bertz CT molecular complexity index is 187. The van der Waals surface area contributed by atoms with E-state index in [1.54, 1.807) is 0 Å². The molecule has 1 rings (SSSR count). The summed E-state index contributed by atoms with van der Waals surface area (Å²) in [5.74, 6) is -0.847. The predicted octanol–water partition coefficient (Wildman–Crippen LogP) is 0.0841. The number of carbonyl (C=O) groups excluding carboxylic acids is 1. The molecule has 1 N–H and O–H groups in total. The third kappa shape index (κ3) is 3.73. The van der Waals surface area contributed by atoms with Gasteiger partial charge in [-0.25, -0.2) is 5.32 Å². The van der Waals surface area contributed by atoms with E-state index in [1.807, 2.05) is 0 Å². The standard InChI is InChI=1S/C7H10F3N2O/c8-7(9,10)3-6(13)5-4-11-1-2-12-5/h5,11H,1-4H2. The Morgan fingerprint density at radius 2 is 2.23 bits per heavy atom. The maximum atomic E-state index is 11.8. The van der Waals surface area contributed by atoms with Gasteiger partial charge in [-0.2, -0.15) is 13.2 Å². The number of carbonyl (C=O) groups is 1. The fourth-order valence-corrected chi connectivity index (χ4v) is 1.13. The number of nitrogens with one attached hydrogen (secondary N) is 1. The molecule has 0 amide bonds. The smallest absolute Gasteiger partial charge is 0.313 e. The molecule has 1 atom stereocenters. The molecule has 75 valence electrons. The van der Waals surface area contributed by atoms with Gasteiger partial charge in [-0.3, -0.25) is 4.79 Å². The Morgan fingerprint density at radius 1 is 1.54 bits per heavy atom. The maximum Gasteiger partial charge on any atom is 0.395 e. The van der Waals surface area contributed by atoms with E-state index >= 15 is 0 Å². The second kappa shape index (κ2) is 4.06. The zero-order chi connectivity index (χ0) is 9.90. The summed E-state index contributed by atoms with van der Waals surface area (Å²) in [4.78, 5) is 11.0. The summed E-state index contributed by atoms with van der Waals surface area (Å²) in [7, 11) is 0. The maximum absolute atomic E-state index is 11.8. The van der Waals surface area contributed by atoms with Crippen molar-refractivity contribution in [3.8, 4) is 0 Å². The number of ketones is 1. The molecule has 0 aromatic carbocycles. The zero-order valence-electron chi connectivity index (χ0n) is 6.90. The Hall–Kier alpha value is -0.620. The summed E-state index contributed by atoms with van der Waals surface area (Å²) in [6.07, 6.45) is -5.78. The van der Waals surface area contributed by atoms with Crippen molar-refractivity contribution in [2.75, 3.05) is 19.6 Å². The summed E-state index contributed by atoms with van der Waals surface area (Å²) < 4.78 is 35.3. The van der Waals surface area contributed by atoms with Gasteiger partial charge in [-0.05, 0) is 0 Å². The number of nitrogens with zero attached hydrogens (tertiary/aromatic N) is 1. The van der Waals surface area contributed by atoms with Crippen LogP contribution >= 0.6 is 0 Å². The van der Waals surface area contributed by atoms with Crippen molar-refractivity contribution >= 4 is 5.78 Å². The van der Waals surface area contributed by atoms with E-state index in [9.17, 15) is 18.0 Å². The Labute approximate surface area is 73.7 Å². The molecule has 1 saturated heterocycles. The Balaban J connectivity index is 2.38. The second-order valence-corrected chi connectivity index (χ2v) is 2.88. The fourth-order valence-electron chi connectivity index (χ4n) is 1.13. The first-order chi connectivity index (χ1) is 5.99. The van der Waals surface area contributed by atoms with E-state index in [0.29, 0.717) is 13.1 Å². The molecule has 6 heteroatoms. The topological polar surface area (TPSA) is 43.2 Å². The van der Waals surface area contributed by atoms with E-state index in [1.165, 1.54) is 0 Å². The summed E-state index contributed by atoms with van der Waals surface area (Å²) >= 11 is 0. The van der Waals surface area contributed by atoms with E-state index < -0.39 is 24.4 Å². The molecule has 1 unspecified atom stereocenters. The van der Waals surface area contributed by atoms with Gasteiger partial charge in [0.1, 0.15) is 6.42 Å². The van der Waals surface area contributed by atoms with Crippen LogP contribution in [0.5, 0.6) is 0 Å². The van der Waals surface area contributed by atoms with Crippen molar-refractivity contribution in [1.82, 2.24) is 10.6 Å². The molecule has 1 fully saturated rings. The zero-order valence-corrected chi connectivity index (χ0v) is 6.90. The summed E-state index contributed by atoms with van der Waals surface area (Å²) in [6, 6.07) is -0.810. The number of halogens is 3. The van der Waals surface area contributed by atoms with Crippen LogP contribution < -0.4 is 10.6 Å². The van der Waals surface area contributed by atoms with Gasteiger partial charge in [-0.15, -0.1) is 0 Å². The van der Waals surface area contributed by atoms with Crippen LogP contribution in [0.4, 0.5) is 13.2 Å². The lowest BCUT2D eigenvalue weighted by atomic mass is 10.1. The van der Waals surface area contributed by atoms with E-state index in [4.69, 9.17) is 0 Å². The van der Waals surface area contributed by atoms with Gasteiger partial charge in [0.2, 0.25) is 0 Å². The van der Waals surface area contributed by atoms with Gasteiger partial charge in [0, 0.05) is 19.6 Å². The summed E-state index contributed by atoms with van der Waals surface area (Å²) in [5, 5.41) is 6.62. The highest BCUT2D eigenvalue weighted by Gasteiger charge is 2.35. The van der Waals surface area contributed by atoms with Crippen LogP contribution in [0.1, 0.15) is 6.42 Å². The molecule has 13 heavy (non-hydrogen) atoms. The highest BCUT2D eigenvalue weighted by atomic mass is 19.4. The van der Waals surface area contributed by atoms with E-state index in [0.717, 1.165) is 0 Å². The molecular weight excluding hydrogens is 185 g/mol. The quantitative estimate of drug-likeness (QED) is 0.678. The first kappa shape index (κ1) is 10.5. The number of Topliss-reactive ketones (excluding diaryl/α,β-unsaturated/α-hetero) is 1. The minimum absolute atomic E-state index is 0.231. The molecule has 0 bridgehead atoms. The lowest BCUT2D eigenvalue weighted by Gasteiger charge is -2.21. The van der Waals surface area contributed by atoms with Gasteiger partial charge in [0.15, 0.2) is 5.78 Å². The fraction of sp³-hybridized carbons (Fsp3) is 0.857. The van der Waals surface area contributed by atoms with Crippen LogP contribution in [0.15, 0.2) is 0 Å². The van der Waals surface area contributed by atoms with Crippen LogP contribution in [-0.4, -0.2) is 37.6 Å². The lowest BCUT2D eigenvalue weighted by molar-refractivity contribution is -0.153. The number of hydrogen-bond donors (Lipinski definition) is 1. The lowest BCUT2D eigenvalue weighted by Crippen LogP contribution is -2.49. The van der Waals surface area contributed by atoms with Gasteiger partial charge >= 0.3 is 6.18 Å². The molecule has 0 saturated carbocycles. The first-order valence-corrected chi connectivity index (χ1v) is 3.96. The molecular formula is C7H10F3N2O. The van der Waals surface area contributed by atoms with Crippen molar-refractivity contribution in [2.45, 2.75) is 18.6 Å². The van der Waals surface area contributed by atoms with E-state index in [-0.39, 0.29) is 6.54 Å². The van der Waals surface area contributed by atoms with E-state index in [2.05, 4.69) is 10.6 Å².